The average molecular weight is 484 g/mol. The first kappa shape index (κ1) is 19.5. The van der Waals surface area contributed by atoms with Crippen molar-refractivity contribution in [2.75, 3.05) is 26.2 Å². The standard InChI is InChI=1S/C15H22BrN3O2.HI/c1-11(21-14-5-3-4-13(16)8-14)9-18-15(17)19-6-7-20-12(2)10-19;/h3-5,8,11-12H,6-7,9-10H2,1-2H3,(H2,17,18);1H. The van der Waals surface area contributed by atoms with Gasteiger partial charge in [-0.2, -0.15) is 0 Å². The molecule has 1 aliphatic heterocycles. The van der Waals surface area contributed by atoms with E-state index >= 15 is 0 Å². The number of guanidine groups is 1. The zero-order chi connectivity index (χ0) is 15.2. The minimum Gasteiger partial charge on any atom is -0.489 e. The maximum Gasteiger partial charge on any atom is 0.191 e. The fourth-order valence-electron chi connectivity index (χ4n) is 2.16. The maximum absolute atomic E-state index is 6.03. The second-order valence-corrected chi connectivity index (χ2v) is 6.13. The van der Waals surface area contributed by atoms with Crippen molar-refractivity contribution in [2.45, 2.75) is 26.1 Å². The number of hydrogen-bond acceptors (Lipinski definition) is 3. The Kier molecular flexibility index (Phi) is 8.48. The number of rotatable bonds is 4. The van der Waals surface area contributed by atoms with Gasteiger partial charge in [0.1, 0.15) is 11.9 Å². The molecule has 7 heteroatoms. The number of morpholine rings is 1. The monoisotopic (exact) mass is 483 g/mol. The Morgan fingerprint density at radius 3 is 3.05 bits per heavy atom. The molecule has 1 heterocycles. The van der Waals surface area contributed by atoms with Gasteiger partial charge >= 0.3 is 0 Å². The molecule has 22 heavy (non-hydrogen) atoms. The van der Waals surface area contributed by atoms with Gasteiger partial charge in [-0.25, -0.2) is 4.99 Å². The van der Waals surface area contributed by atoms with E-state index in [4.69, 9.17) is 15.2 Å². The van der Waals surface area contributed by atoms with Gasteiger partial charge in [0, 0.05) is 17.6 Å². The summed E-state index contributed by atoms with van der Waals surface area (Å²) in [5.41, 5.74) is 6.03. The number of nitrogens with zero attached hydrogens (tertiary/aromatic N) is 2. The van der Waals surface area contributed by atoms with Crippen LogP contribution < -0.4 is 10.5 Å². The Morgan fingerprint density at radius 1 is 1.59 bits per heavy atom. The molecule has 1 aromatic carbocycles. The Balaban J connectivity index is 0.00000242. The van der Waals surface area contributed by atoms with E-state index in [9.17, 15) is 0 Å². The first-order valence-electron chi connectivity index (χ1n) is 7.13. The van der Waals surface area contributed by atoms with Crippen LogP contribution in [0.5, 0.6) is 5.75 Å². The van der Waals surface area contributed by atoms with Crippen molar-refractivity contribution in [1.29, 1.82) is 0 Å². The predicted octanol–water partition coefficient (Wildman–Crippen LogP) is 2.87. The molecule has 0 aromatic heterocycles. The summed E-state index contributed by atoms with van der Waals surface area (Å²) in [6.07, 6.45) is 0.166. The summed E-state index contributed by atoms with van der Waals surface area (Å²) in [5, 5.41) is 0. The fraction of sp³-hybridized carbons (Fsp3) is 0.533. The highest BCUT2D eigenvalue weighted by Crippen LogP contribution is 2.18. The highest BCUT2D eigenvalue weighted by molar-refractivity contribution is 14.0. The number of halogens is 2. The molecule has 1 saturated heterocycles. The number of benzene rings is 1. The van der Waals surface area contributed by atoms with E-state index in [1.807, 2.05) is 38.1 Å². The summed E-state index contributed by atoms with van der Waals surface area (Å²) in [5.74, 6) is 1.39. The van der Waals surface area contributed by atoms with Crippen LogP contribution in [0.3, 0.4) is 0 Å². The average Bonchev–Trinajstić information content (AvgIpc) is 2.45. The topological polar surface area (TPSA) is 60.1 Å². The van der Waals surface area contributed by atoms with Gasteiger partial charge in [-0.05, 0) is 32.0 Å². The van der Waals surface area contributed by atoms with Crippen LogP contribution in [-0.2, 0) is 4.74 Å². The third-order valence-corrected chi connectivity index (χ3v) is 3.70. The molecule has 2 rings (SSSR count). The van der Waals surface area contributed by atoms with Gasteiger partial charge in [-0.3, -0.25) is 0 Å². The van der Waals surface area contributed by atoms with Crippen LogP contribution >= 0.6 is 39.9 Å². The summed E-state index contributed by atoms with van der Waals surface area (Å²) < 4.78 is 12.3. The molecule has 1 fully saturated rings. The van der Waals surface area contributed by atoms with Crippen molar-refractivity contribution >= 4 is 45.9 Å². The van der Waals surface area contributed by atoms with Crippen LogP contribution in [0, 0.1) is 0 Å². The normalized spacial score (nSPS) is 20.2. The lowest BCUT2D eigenvalue weighted by Crippen LogP contribution is -2.48. The Labute approximate surface area is 157 Å². The van der Waals surface area contributed by atoms with E-state index in [0.29, 0.717) is 19.1 Å². The molecule has 0 saturated carbocycles. The SMILES string of the molecule is CC1CN(C(N)=NCC(C)Oc2cccc(Br)c2)CCO1.I. The molecule has 1 aromatic rings. The van der Waals surface area contributed by atoms with Crippen molar-refractivity contribution in [3.63, 3.8) is 0 Å². The number of nitrogens with two attached hydrogens (primary N) is 1. The molecular formula is C15H23BrIN3O2. The predicted molar refractivity (Wildman–Crippen MR) is 103 cm³/mol. The molecule has 5 nitrogen and oxygen atoms in total. The fourth-order valence-corrected chi connectivity index (χ4v) is 2.54. The molecule has 2 unspecified atom stereocenters. The zero-order valence-corrected chi connectivity index (χ0v) is 16.8. The van der Waals surface area contributed by atoms with Gasteiger partial charge in [0.15, 0.2) is 5.96 Å². The van der Waals surface area contributed by atoms with Gasteiger partial charge < -0.3 is 20.1 Å². The highest BCUT2D eigenvalue weighted by Gasteiger charge is 2.18. The summed E-state index contributed by atoms with van der Waals surface area (Å²) >= 11 is 3.43. The first-order chi connectivity index (χ1) is 10.0. The van der Waals surface area contributed by atoms with Gasteiger partial charge in [0.2, 0.25) is 0 Å². The van der Waals surface area contributed by atoms with Crippen LogP contribution in [0.15, 0.2) is 33.7 Å². The van der Waals surface area contributed by atoms with E-state index in [2.05, 4.69) is 25.8 Å². The molecule has 0 bridgehead atoms. The van der Waals surface area contributed by atoms with E-state index in [0.717, 1.165) is 23.3 Å². The summed E-state index contributed by atoms with van der Waals surface area (Å²) in [6.45, 7) is 6.83. The third kappa shape index (κ3) is 6.29. The Morgan fingerprint density at radius 2 is 2.36 bits per heavy atom. The number of hydrogen-bond donors (Lipinski definition) is 1. The molecule has 0 aliphatic carbocycles. The van der Waals surface area contributed by atoms with Crippen LogP contribution in [0.4, 0.5) is 0 Å². The van der Waals surface area contributed by atoms with Gasteiger partial charge in [-0.15, -0.1) is 24.0 Å². The highest BCUT2D eigenvalue weighted by atomic mass is 127. The minimum absolute atomic E-state index is 0. The van der Waals surface area contributed by atoms with E-state index in [1.165, 1.54) is 0 Å². The number of aliphatic imine (C=N–C) groups is 1. The molecule has 1 aliphatic rings. The van der Waals surface area contributed by atoms with Gasteiger partial charge in [-0.1, -0.05) is 22.0 Å². The molecule has 2 atom stereocenters. The molecule has 0 spiro atoms. The van der Waals surface area contributed by atoms with Crippen molar-refractivity contribution < 1.29 is 9.47 Å². The summed E-state index contributed by atoms with van der Waals surface area (Å²) in [4.78, 5) is 6.48. The lowest BCUT2D eigenvalue weighted by atomic mass is 10.3. The second-order valence-electron chi connectivity index (χ2n) is 5.21. The zero-order valence-electron chi connectivity index (χ0n) is 12.9. The number of ether oxygens (including phenoxy) is 2. The maximum atomic E-state index is 6.03. The summed E-state index contributed by atoms with van der Waals surface area (Å²) in [6, 6.07) is 7.78. The smallest absolute Gasteiger partial charge is 0.191 e. The van der Waals surface area contributed by atoms with Crippen molar-refractivity contribution in [1.82, 2.24) is 4.90 Å². The molecule has 2 N–H and O–H groups in total. The van der Waals surface area contributed by atoms with Crippen LogP contribution in [0.2, 0.25) is 0 Å². The largest absolute Gasteiger partial charge is 0.489 e. The van der Waals surface area contributed by atoms with Crippen molar-refractivity contribution in [3.05, 3.63) is 28.7 Å². The Hall–Kier alpha value is -0.540. The van der Waals surface area contributed by atoms with Crippen molar-refractivity contribution in [3.8, 4) is 5.75 Å². The minimum atomic E-state index is -0.0312. The van der Waals surface area contributed by atoms with Gasteiger partial charge in [0.05, 0.1) is 19.3 Å². The first-order valence-corrected chi connectivity index (χ1v) is 7.92. The Bertz CT molecular complexity index is 501. The molecule has 124 valence electrons. The van der Waals surface area contributed by atoms with E-state index in [-0.39, 0.29) is 36.2 Å². The van der Waals surface area contributed by atoms with Crippen LogP contribution in [-0.4, -0.2) is 49.3 Å². The second kappa shape index (κ2) is 9.57. The van der Waals surface area contributed by atoms with E-state index < -0.39 is 0 Å². The quantitative estimate of drug-likeness (QED) is 0.406. The van der Waals surface area contributed by atoms with Crippen molar-refractivity contribution in [2.24, 2.45) is 10.7 Å². The molecule has 0 radical (unpaired) electrons. The lowest BCUT2D eigenvalue weighted by molar-refractivity contribution is 0.00525. The van der Waals surface area contributed by atoms with Crippen LogP contribution in [0.25, 0.3) is 0 Å². The summed E-state index contributed by atoms with van der Waals surface area (Å²) in [7, 11) is 0. The van der Waals surface area contributed by atoms with E-state index in [1.54, 1.807) is 0 Å². The van der Waals surface area contributed by atoms with Gasteiger partial charge in [0.25, 0.3) is 0 Å². The lowest BCUT2D eigenvalue weighted by Gasteiger charge is -2.32. The van der Waals surface area contributed by atoms with Crippen LogP contribution in [0.1, 0.15) is 13.8 Å². The molecular weight excluding hydrogens is 461 g/mol. The molecule has 0 amide bonds. The third-order valence-electron chi connectivity index (χ3n) is 3.21.